The molecule has 0 aliphatic heterocycles. The number of aromatic carboxylic acids is 1. The molecular weight excluding hydrogens is 194 g/mol. The number of carboxylic acid groups (broad SMARTS) is 1. The summed E-state index contributed by atoms with van der Waals surface area (Å²) in [4.78, 5) is 10.5. The average Bonchev–Trinajstić information content (AvgIpc) is 2.60. The number of carboxylic acids is 1. The van der Waals surface area contributed by atoms with E-state index in [0.717, 1.165) is 13.0 Å². The molecule has 1 heterocycles. The summed E-state index contributed by atoms with van der Waals surface area (Å²) in [7, 11) is 0. The van der Waals surface area contributed by atoms with Crippen LogP contribution < -0.4 is 5.32 Å². The van der Waals surface area contributed by atoms with Gasteiger partial charge in [-0.3, -0.25) is 0 Å². The average molecular weight is 211 g/mol. The molecule has 84 valence electrons. The Bertz CT molecular complexity index is 317. The van der Waals surface area contributed by atoms with Crippen molar-refractivity contribution in [3.8, 4) is 0 Å². The maximum Gasteiger partial charge on any atom is 0.371 e. The predicted octanol–water partition coefficient (Wildman–Crippen LogP) is 2.11. The van der Waals surface area contributed by atoms with Gasteiger partial charge in [0.05, 0.1) is 6.54 Å². The smallest absolute Gasteiger partial charge is 0.371 e. The highest BCUT2D eigenvalue weighted by Gasteiger charge is 2.08. The molecule has 0 aliphatic carbocycles. The Morgan fingerprint density at radius 3 is 2.80 bits per heavy atom. The first kappa shape index (κ1) is 11.8. The number of hydrogen-bond acceptors (Lipinski definition) is 3. The largest absolute Gasteiger partial charge is 0.475 e. The van der Waals surface area contributed by atoms with Gasteiger partial charge in [-0.15, -0.1) is 0 Å². The molecule has 4 nitrogen and oxygen atoms in total. The number of rotatable bonds is 6. The Balaban J connectivity index is 2.29. The summed E-state index contributed by atoms with van der Waals surface area (Å²) >= 11 is 0. The Hall–Kier alpha value is -1.29. The first-order chi connectivity index (χ1) is 7.09. The van der Waals surface area contributed by atoms with Gasteiger partial charge < -0.3 is 14.8 Å². The lowest BCUT2D eigenvalue weighted by molar-refractivity contribution is 0.0660. The van der Waals surface area contributed by atoms with Crippen molar-refractivity contribution in [1.29, 1.82) is 0 Å². The summed E-state index contributed by atoms with van der Waals surface area (Å²) in [6.45, 7) is 5.83. The highest BCUT2D eigenvalue weighted by molar-refractivity contribution is 5.84. The van der Waals surface area contributed by atoms with Crippen LogP contribution in [0, 0.1) is 5.92 Å². The van der Waals surface area contributed by atoms with Crippen LogP contribution in [0.25, 0.3) is 0 Å². The fourth-order valence-corrected chi connectivity index (χ4v) is 1.19. The number of carbonyl (C=O) groups is 1. The molecule has 0 saturated carbocycles. The highest BCUT2D eigenvalue weighted by atomic mass is 16.4. The molecule has 15 heavy (non-hydrogen) atoms. The van der Waals surface area contributed by atoms with Gasteiger partial charge in [-0.1, -0.05) is 13.8 Å². The van der Waals surface area contributed by atoms with Crippen LogP contribution in [-0.4, -0.2) is 17.6 Å². The van der Waals surface area contributed by atoms with Gasteiger partial charge in [0.1, 0.15) is 5.76 Å². The molecule has 1 rings (SSSR count). The van der Waals surface area contributed by atoms with Gasteiger partial charge in [-0.2, -0.15) is 0 Å². The zero-order valence-corrected chi connectivity index (χ0v) is 9.12. The van der Waals surface area contributed by atoms with Gasteiger partial charge in [0.2, 0.25) is 5.76 Å². The van der Waals surface area contributed by atoms with Crippen LogP contribution in [0.4, 0.5) is 0 Å². The fourth-order valence-electron chi connectivity index (χ4n) is 1.19. The topological polar surface area (TPSA) is 62.5 Å². The van der Waals surface area contributed by atoms with E-state index >= 15 is 0 Å². The van der Waals surface area contributed by atoms with Crippen molar-refractivity contribution in [3.05, 3.63) is 23.7 Å². The maximum absolute atomic E-state index is 10.5. The molecule has 0 saturated heterocycles. The predicted molar refractivity (Wildman–Crippen MR) is 56.8 cm³/mol. The summed E-state index contributed by atoms with van der Waals surface area (Å²) in [5.41, 5.74) is 0. The van der Waals surface area contributed by atoms with E-state index in [2.05, 4.69) is 19.2 Å². The van der Waals surface area contributed by atoms with Crippen LogP contribution in [0.3, 0.4) is 0 Å². The third-order valence-corrected chi connectivity index (χ3v) is 2.07. The maximum atomic E-state index is 10.5. The monoisotopic (exact) mass is 211 g/mol. The second-order valence-corrected chi connectivity index (χ2v) is 3.93. The van der Waals surface area contributed by atoms with Crippen molar-refractivity contribution >= 4 is 5.97 Å². The minimum absolute atomic E-state index is 0.00402. The Morgan fingerprint density at radius 1 is 1.53 bits per heavy atom. The molecule has 0 bridgehead atoms. The Morgan fingerprint density at radius 2 is 2.27 bits per heavy atom. The third kappa shape index (κ3) is 4.16. The first-order valence-corrected chi connectivity index (χ1v) is 5.12. The van der Waals surface area contributed by atoms with Crippen LogP contribution in [0.1, 0.15) is 36.6 Å². The van der Waals surface area contributed by atoms with Crippen molar-refractivity contribution in [2.75, 3.05) is 6.54 Å². The molecule has 2 N–H and O–H groups in total. The third-order valence-electron chi connectivity index (χ3n) is 2.07. The quantitative estimate of drug-likeness (QED) is 0.707. The summed E-state index contributed by atoms with van der Waals surface area (Å²) in [5, 5.41) is 11.8. The standard InChI is InChI=1S/C11H17NO3/c1-8(2)5-6-12-7-9-3-4-10(15-9)11(13)14/h3-4,8,12H,5-7H2,1-2H3,(H,13,14). The second kappa shape index (κ2) is 5.56. The van der Waals surface area contributed by atoms with E-state index in [0.29, 0.717) is 18.2 Å². The van der Waals surface area contributed by atoms with E-state index in [9.17, 15) is 4.79 Å². The van der Waals surface area contributed by atoms with Crippen LogP contribution in [0.15, 0.2) is 16.5 Å². The lowest BCUT2D eigenvalue weighted by Gasteiger charge is -2.04. The fraction of sp³-hybridized carbons (Fsp3) is 0.545. The highest BCUT2D eigenvalue weighted by Crippen LogP contribution is 2.07. The number of hydrogen-bond donors (Lipinski definition) is 2. The molecule has 0 amide bonds. The van der Waals surface area contributed by atoms with Crippen molar-refractivity contribution < 1.29 is 14.3 Å². The SMILES string of the molecule is CC(C)CCNCc1ccc(C(=O)O)o1. The van der Waals surface area contributed by atoms with E-state index in [1.807, 2.05) is 0 Å². The van der Waals surface area contributed by atoms with E-state index in [1.54, 1.807) is 6.07 Å². The van der Waals surface area contributed by atoms with Gasteiger partial charge >= 0.3 is 5.97 Å². The minimum Gasteiger partial charge on any atom is -0.475 e. The lowest BCUT2D eigenvalue weighted by Crippen LogP contribution is -2.15. The molecule has 0 radical (unpaired) electrons. The second-order valence-electron chi connectivity index (χ2n) is 3.93. The van der Waals surface area contributed by atoms with Crippen molar-refractivity contribution in [3.63, 3.8) is 0 Å². The minimum atomic E-state index is -1.02. The number of nitrogens with one attached hydrogen (secondary N) is 1. The van der Waals surface area contributed by atoms with Crippen LogP contribution in [0.5, 0.6) is 0 Å². The molecule has 0 aromatic carbocycles. The van der Waals surface area contributed by atoms with Crippen molar-refractivity contribution in [1.82, 2.24) is 5.32 Å². The molecule has 0 atom stereocenters. The lowest BCUT2D eigenvalue weighted by atomic mass is 10.1. The summed E-state index contributed by atoms with van der Waals surface area (Å²) < 4.78 is 5.09. The molecule has 1 aromatic rings. The van der Waals surface area contributed by atoms with Gasteiger partial charge in [0.15, 0.2) is 0 Å². The Labute approximate surface area is 89.3 Å². The van der Waals surface area contributed by atoms with E-state index in [1.165, 1.54) is 6.07 Å². The van der Waals surface area contributed by atoms with Gasteiger partial charge in [-0.25, -0.2) is 4.79 Å². The summed E-state index contributed by atoms with van der Waals surface area (Å²) in [6, 6.07) is 3.16. The Kier molecular flexibility index (Phi) is 4.37. The zero-order chi connectivity index (χ0) is 11.3. The summed E-state index contributed by atoms with van der Waals surface area (Å²) in [6.07, 6.45) is 1.10. The van der Waals surface area contributed by atoms with Crippen molar-refractivity contribution in [2.24, 2.45) is 5.92 Å². The number of furan rings is 1. The molecule has 1 aromatic heterocycles. The van der Waals surface area contributed by atoms with Crippen LogP contribution in [-0.2, 0) is 6.54 Å². The zero-order valence-electron chi connectivity index (χ0n) is 9.12. The van der Waals surface area contributed by atoms with Crippen LogP contribution >= 0.6 is 0 Å². The molecular formula is C11H17NO3. The first-order valence-electron chi connectivity index (χ1n) is 5.12. The molecule has 0 aliphatic rings. The van der Waals surface area contributed by atoms with Crippen LogP contribution in [0.2, 0.25) is 0 Å². The normalized spacial score (nSPS) is 10.9. The van der Waals surface area contributed by atoms with E-state index in [4.69, 9.17) is 9.52 Å². The van der Waals surface area contributed by atoms with E-state index < -0.39 is 5.97 Å². The van der Waals surface area contributed by atoms with Gasteiger partial charge in [0, 0.05) is 0 Å². The molecule has 4 heteroatoms. The summed E-state index contributed by atoms with van der Waals surface area (Å²) in [5.74, 6) is 0.305. The van der Waals surface area contributed by atoms with E-state index in [-0.39, 0.29) is 5.76 Å². The molecule has 0 spiro atoms. The van der Waals surface area contributed by atoms with Crippen molar-refractivity contribution in [2.45, 2.75) is 26.8 Å². The van der Waals surface area contributed by atoms with Gasteiger partial charge in [0.25, 0.3) is 0 Å². The van der Waals surface area contributed by atoms with Gasteiger partial charge in [-0.05, 0) is 31.0 Å². The molecule has 0 unspecified atom stereocenters. The molecule has 0 fully saturated rings.